The predicted molar refractivity (Wildman–Crippen MR) is 122 cm³/mol. The van der Waals surface area contributed by atoms with Crippen LogP contribution in [0.2, 0.25) is 0 Å². The summed E-state index contributed by atoms with van der Waals surface area (Å²) in [5.74, 6) is 0.00537. The summed E-state index contributed by atoms with van der Waals surface area (Å²) < 4.78 is 6.12. The number of hydrogen-bond donors (Lipinski definition) is 0. The molecule has 0 saturated carbocycles. The number of hydrogen-bond acceptors (Lipinski definition) is 5. The fraction of sp³-hybridized carbons (Fsp3) is 0.269. The van der Waals surface area contributed by atoms with E-state index in [1.165, 1.54) is 4.90 Å². The van der Waals surface area contributed by atoms with Crippen LogP contribution in [-0.4, -0.2) is 45.9 Å². The molecule has 32 heavy (non-hydrogen) atoms. The Morgan fingerprint density at radius 3 is 2.66 bits per heavy atom. The number of carbonyl (C=O) groups excluding carboxylic acids is 2. The van der Waals surface area contributed by atoms with Crippen molar-refractivity contribution < 1.29 is 14.0 Å². The van der Waals surface area contributed by atoms with Crippen molar-refractivity contribution in [2.45, 2.75) is 32.2 Å². The third kappa shape index (κ3) is 2.79. The zero-order valence-corrected chi connectivity index (χ0v) is 17.9. The van der Waals surface area contributed by atoms with Crippen molar-refractivity contribution in [3.05, 3.63) is 65.7 Å². The minimum atomic E-state index is -0.258. The summed E-state index contributed by atoms with van der Waals surface area (Å²) in [5.41, 5.74) is 3.16. The number of benzene rings is 3. The first-order valence-corrected chi connectivity index (χ1v) is 11.2. The maximum absolute atomic E-state index is 13.5. The van der Waals surface area contributed by atoms with Crippen LogP contribution in [0.3, 0.4) is 0 Å². The van der Waals surface area contributed by atoms with Gasteiger partial charge in [0.2, 0.25) is 5.89 Å². The highest BCUT2D eigenvalue weighted by Crippen LogP contribution is 2.37. The van der Waals surface area contributed by atoms with Crippen molar-refractivity contribution in [3.8, 4) is 11.5 Å². The SMILES string of the molecule is CC[C@@H]1CCCN1CN1C(=O)c2cccc3c2c(cc2nc(-c4ccccc4)oc23)C1=O. The molecule has 0 N–H and O–H groups in total. The van der Waals surface area contributed by atoms with Crippen molar-refractivity contribution >= 4 is 33.7 Å². The fourth-order valence-corrected chi connectivity index (χ4v) is 5.15. The summed E-state index contributed by atoms with van der Waals surface area (Å²) in [6.07, 6.45) is 3.23. The molecule has 2 aliphatic heterocycles. The number of likely N-dealkylation sites (tertiary alicyclic amines) is 1. The molecule has 3 heterocycles. The highest BCUT2D eigenvalue weighted by atomic mass is 16.3. The van der Waals surface area contributed by atoms with Crippen LogP contribution in [0, 0.1) is 0 Å². The van der Waals surface area contributed by atoms with Crippen LogP contribution in [0.4, 0.5) is 0 Å². The average Bonchev–Trinajstić information content (AvgIpc) is 3.47. The smallest absolute Gasteiger partial charge is 0.262 e. The first-order chi connectivity index (χ1) is 15.7. The lowest BCUT2D eigenvalue weighted by atomic mass is 9.93. The Bertz CT molecular complexity index is 1380. The Hall–Kier alpha value is -3.51. The Balaban J connectivity index is 1.49. The maximum Gasteiger partial charge on any atom is 0.262 e. The zero-order valence-electron chi connectivity index (χ0n) is 17.9. The maximum atomic E-state index is 13.5. The van der Waals surface area contributed by atoms with Gasteiger partial charge in [0, 0.05) is 34.5 Å². The van der Waals surface area contributed by atoms with Gasteiger partial charge in [0.1, 0.15) is 5.52 Å². The fourth-order valence-electron chi connectivity index (χ4n) is 5.15. The average molecular weight is 425 g/mol. The number of amides is 2. The van der Waals surface area contributed by atoms with Gasteiger partial charge in [0.25, 0.3) is 11.8 Å². The third-order valence-corrected chi connectivity index (χ3v) is 6.78. The van der Waals surface area contributed by atoms with Crippen LogP contribution in [0.25, 0.3) is 33.3 Å². The summed E-state index contributed by atoms with van der Waals surface area (Å²) in [5, 5.41) is 1.41. The molecule has 6 rings (SSSR count). The zero-order chi connectivity index (χ0) is 21.8. The molecule has 2 aliphatic rings. The van der Waals surface area contributed by atoms with Gasteiger partial charge in [-0.1, -0.05) is 37.3 Å². The number of aromatic nitrogens is 1. The van der Waals surface area contributed by atoms with Gasteiger partial charge >= 0.3 is 0 Å². The monoisotopic (exact) mass is 425 g/mol. The molecule has 3 aromatic carbocycles. The van der Waals surface area contributed by atoms with E-state index in [-0.39, 0.29) is 11.8 Å². The van der Waals surface area contributed by atoms with Gasteiger partial charge in [-0.2, -0.15) is 0 Å². The molecule has 6 nitrogen and oxygen atoms in total. The lowest BCUT2D eigenvalue weighted by Gasteiger charge is -2.33. The standard InChI is InChI=1S/C26H23N3O3/c1-2-17-10-7-13-28(17)15-29-25(30)19-12-6-11-18-22(19)20(26(29)31)14-21-23(18)32-24(27-21)16-8-4-3-5-9-16/h3-6,8-9,11-12,14,17H,2,7,10,13,15H2,1H3/t17-/m1/s1. The quantitative estimate of drug-likeness (QED) is 0.427. The van der Waals surface area contributed by atoms with Crippen LogP contribution in [0.1, 0.15) is 46.9 Å². The van der Waals surface area contributed by atoms with Gasteiger partial charge in [-0.05, 0) is 43.5 Å². The normalized spacial score (nSPS) is 18.9. The van der Waals surface area contributed by atoms with Crippen molar-refractivity contribution in [2.75, 3.05) is 13.2 Å². The number of carbonyl (C=O) groups is 2. The van der Waals surface area contributed by atoms with Crippen LogP contribution in [0.5, 0.6) is 0 Å². The second-order valence-corrected chi connectivity index (χ2v) is 8.58. The van der Waals surface area contributed by atoms with Crippen molar-refractivity contribution in [1.29, 1.82) is 0 Å². The summed E-state index contributed by atoms with van der Waals surface area (Å²) >= 11 is 0. The molecule has 1 aromatic heterocycles. The van der Waals surface area contributed by atoms with Crippen LogP contribution in [0.15, 0.2) is 59.0 Å². The van der Waals surface area contributed by atoms with Gasteiger partial charge < -0.3 is 4.42 Å². The minimum Gasteiger partial charge on any atom is -0.435 e. The summed E-state index contributed by atoms with van der Waals surface area (Å²) in [6.45, 7) is 3.40. The highest BCUT2D eigenvalue weighted by Gasteiger charge is 2.37. The predicted octanol–water partition coefficient (Wildman–Crippen LogP) is 5.08. The molecule has 1 saturated heterocycles. The topological polar surface area (TPSA) is 66.7 Å². The van der Waals surface area contributed by atoms with E-state index in [0.29, 0.717) is 46.2 Å². The van der Waals surface area contributed by atoms with E-state index in [2.05, 4.69) is 16.8 Å². The molecular weight excluding hydrogens is 402 g/mol. The number of rotatable bonds is 4. The Morgan fingerprint density at radius 1 is 1.03 bits per heavy atom. The van der Waals surface area contributed by atoms with Crippen molar-refractivity contribution in [2.24, 2.45) is 0 Å². The van der Waals surface area contributed by atoms with Gasteiger partial charge in [-0.3, -0.25) is 19.4 Å². The molecule has 0 radical (unpaired) electrons. The van der Waals surface area contributed by atoms with E-state index in [1.54, 1.807) is 12.1 Å². The van der Waals surface area contributed by atoms with E-state index < -0.39 is 0 Å². The van der Waals surface area contributed by atoms with Gasteiger partial charge in [-0.25, -0.2) is 4.98 Å². The van der Waals surface area contributed by atoms with E-state index in [0.717, 1.165) is 36.8 Å². The molecule has 6 heteroatoms. The number of imide groups is 1. The highest BCUT2D eigenvalue weighted by molar-refractivity contribution is 6.28. The molecule has 0 aliphatic carbocycles. The van der Waals surface area contributed by atoms with E-state index in [9.17, 15) is 9.59 Å². The first-order valence-electron chi connectivity index (χ1n) is 11.2. The molecule has 2 amide bonds. The third-order valence-electron chi connectivity index (χ3n) is 6.78. The summed E-state index contributed by atoms with van der Waals surface area (Å²) in [6, 6.07) is 17.4. The van der Waals surface area contributed by atoms with Crippen molar-refractivity contribution in [1.82, 2.24) is 14.8 Å². The minimum absolute atomic E-state index is 0.239. The number of oxazole rings is 1. The van der Waals surface area contributed by atoms with Crippen LogP contribution < -0.4 is 0 Å². The molecule has 1 atom stereocenters. The van der Waals surface area contributed by atoms with Gasteiger partial charge in [0.05, 0.1) is 12.2 Å². The molecule has 4 aromatic rings. The molecule has 0 bridgehead atoms. The lowest BCUT2D eigenvalue weighted by molar-refractivity contribution is 0.0481. The largest absolute Gasteiger partial charge is 0.435 e. The molecule has 0 unspecified atom stereocenters. The molecular formula is C26H23N3O3. The van der Waals surface area contributed by atoms with Gasteiger partial charge in [-0.15, -0.1) is 0 Å². The second kappa shape index (κ2) is 7.28. The number of fused-ring (bicyclic) bond motifs is 2. The van der Waals surface area contributed by atoms with Crippen molar-refractivity contribution in [3.63, 3.8) is 0 Å². The summed E-state index contributed by atoms with van der Waals surface area (Å²) in [4.78, 5) is 35.2. The Morgan fingerprint density at radius 2 is 1.84 bits per heavy atom. The van der Waals surface area contributed by atoms with E-state index >= 15 is 0 Å². The molecule has 0 spiro atoms. The Labute approximate surface area is 185 Å². The lowest BCUT2D eigenvalue weighted by Crippen LogP contribution is -2.48. The van der Waals surface area contributed by atoms with Crippen LogP contribution in [-0.2, 0) is 0 Å². The van der Waals surface area contributed by atoms with E-state index in [1.807, 2.05) is 42.5 Å². The molecule has 160 valence electrons. The van der Waals surface area contributed by atoms with Gasteiger partial charge in [0.15, 0.2) is 5.58 Å². The Kier molecular flexibility index (Phi) is 4.36. The molecule has 1 fully saturated rings. The van der Waals surface area contributed by atoms with Crippen LogP contribution >= 0.6 is 0 Å². The number of nitrogens with zero attached hydrogens (tertiary/aromatic N) is 3. The second-order valence-electron chi connectivity index (χ2n) is 8.58. The summed E-state index contributed by atoms with van der Waals surface area (Å²) in [7, 11) is 0. The first kappa shape index (κ1) is 19.2. The van der Waals surface area contributed by atoms with E-state index in [4.69, 9.17) is 4.42 Å².